The first kappa shape index (κ1) is 32.5. The number of fused-ring (bicyclic) bond motifs is 7. The number of rotatable bonds is 6. The van der Waals surface area contributed by atoms with Crippen molar-refractivity contribution in [3.8, 4) is 39.1 Å². The monoisotopic (exact) mass is 716 g/mol. The van der Waals surface area contributed by atoms with Crippen LogP contribution in [-0.2, 0) is 0 Å². The molecule has 2 nitrogen and oxygen atoms in total. The molecule has 0 radical (unpaired) electrons. The number of hydrogen-bond acceptors (Lipinski definition) is 1. The average molecular weight is 717 g/mol. The molecule has 0 bridgehead atoms. The van der Waals surface area contributed by atoms with Gasteiger partial charge in [-0.2, -0.15) is 0 Å². The minimum atomic E-state index is 0.162. The van der Waals surface area contributed by atoms with E-state index in [4.69, 9.17) is 0 Å². The van der Waals surface area contributed by atoms with Gasteiger partial charge in [-0.1, -0.05) is 158 Å². The van der Waals surface area contributed by atoms with Crippen LogP contribution in [0, 0.1) is 0 Å². The molecule has 56 heavy (non-hydrogen) atoms. The molecular formula is C54H40N2. The molecule has 1 aromatic heterocycles. The molecule has 7 aromatic carbocycles. The van der Waals surface area contributed by atoms with Crippen molar-refractivity contribution in [2.24, 2.45) is 0 Å². The Bertz CT molecular complexity index is 2850. The summed E-state index contributed by atoms with van der Waals surface area (Å²) in [5.74, 6) is 0.197. The van der Waals surface area contributed by atoms with Crippen molar-refractivity contribution in [2.45, 2.75) is 24.8 Å². The fraction of sp³-hybridized carbons (Fsp3) is 0.0741. The number of nitrogens with zero attached hydrogens (tertiary/aromatic N) is 2. The zero-order valence-corrected chi connectivity index (χ0v) is 31.1. The smallest absolute Gasteiger partial charge is 0.0637 e. The Morgan fingerprint density at radius 1 is 0.482 bits per heavy atom. The van der Waals surface area contributed by atoms with Crippen molar-refractivity contribution < 1.29 is 0 Å². The normalized spacial score (nSPS) is 16.7. The predicted octanol–water partition coefficient (Wildman–Crippen LogP) is 14.0. The van der Waals surface area contributed by atoms with E-state index in [1.807, 2.05) is 0 Å². The summed E-state index contributed by atoms with van der Waals surface area (Å²) in [6.45, 7) is 0. The summed E-state index contributed by atoms with van der Waals surface area (Å²) in [4.78, 5) is 2.56. The second-order valence-corrected chi connectivity index (χ2v) is 15.1. The third-order valence-electron chi connectivity index (χ3n) is 12.0. The molecule has 0 saturated heterocycles. The number of benzene rings is 7. The van der Waals surface area contributed by atoms with E-state index in [-0.39, 0.29) is 12.0 Å². The van der Waals surface area contributed by atoms with Crippen LogP contribution in [-0.4, -0.2) is 10.6 Å². The maximum atomic E-state index is 2.56. The van der Waals surface area contributed by atoms with Gasteiger partial charge in [-0.3, -0.25) is 0 Å². The van der Waals surface area contributed by atoms with Crippen molar-refractivity contribution in [2.75, 3.05) is 4.90 Å². The molecule has 3 aliphatic rings. The van der Waals surface area contributed by atoms with Gasteiger partial charge in [-0.25, -0.2) is 0 Å². The van der Waals surface area contributed by atoms with E-state index in [1.54, 1.807) is 0 Å². The minimum absolute atomic E-state index is 0.162. The Balaban J connectivity index is 0.969. The standard InChI is InChI=1S/C54H40N2/c1-3-14-37(15-4-1)41-18-13-19-42(36-41)38-26-30-43(31-27-38)55-49-24-11-9-22-47(49)53-51(55)34-35-52-54(53)48-23-10-12-25-50(48)56(52)44-32-28-40(29-33-44)46-21-8-7-20-45(46)39-16-5-2-6-17-39/h2-3,5-36,51,53H,1,4H2. The van der Waals surface area contributed by atoms with Crippen molar-refractivity contribution in [3.63, 3.8) is 0 Å². The van der Waals surface area contributed by atoms with Gasteiger partial charge in [-0.15, -0.1) is 0 Å². The average Bonchev–Trinajstić information content (AvgIpc) is 3.80. The van der Waals surface area contributed by atoms with Gasteiger partial charge >= 0.3 is 0 Å². The summed E-state index contributed by atoms with van der Waals surface area (Å²) in [7, 11) is 0. The fourth-order valence-electron chi connectivity index (χ4n) is 9.46. The Morgan fingerprint density at radius 3 is 1.95 bits per heavy atom. The molecule has 266 valence electrons. The quantitative estimate of drug-likeness (QED) is 0.166. The van der Waals surface area contributed by atoms with E-state index in [2.05, 4.69) is 216 Å². The molecule has 1 aliphatic heterocycles. The van der Waals surface area contributed by atoms with E-state index in [0.29, 0.717) is 0 Å². The van der Waals surface area contributed by atoms with E-state index in [0.717, 1.165) is 12.8 Å². The summed E-state index contributed by atoms with van der Waals surface area (Å²) in [6.07, 6.45) is 14.0. The lowest BCUT2D eigenvalue weighted by molar-refractivity contribution is 0.725. The molecule has 0 fully saturated rings. The highest BCUT2D eigenvalue weighted by Crippen LogP contribution is 2.54. The van der Waals surface area contributed by atoms with Gasteiger partial charge in [0.25, 0.3) is 0 Å². The molecular weight excluding hydrogens is 677 g/mol. The third-order valence-corrected chi connectivity index (χ3v) is 12.0. The van der Waals surface area contributed by atoms with Gasteiger partial charge in [0, 0.05) is 28.4 Å². The molecule has 0 N–H and O–H groups in total. The maximum Gasteiger partial charge on any atom is 0.0637 e. The Hall–Kier alpha value is -6.90. The van der Waals surface area contributed by atoms with Crippen LogP contribution >= 0.6 is 0 Å². The fourth-order valence-corrected chi connectivity index (χ4v) is 9.46. The molecule has 2 unspecified atom stereocenters. The molecule has 0 spiro atoms. The van der Waals surface area contributed by atoms with Crippen LogP contribution in [0.1, 0.15) is 41.1 Å². The van der Waals surface area contributed by atoms with E-state index in [1.165, 1.54) is 89.3 Å². The highest BCUT2D eigenvalue weighted by Gasteiger charge is 2.43. The number of hydrogen-bond donors (Lipinski definition) is 0. The Labute approximate surface area is 328 Å². The lowest BCUT2D eigenvalue weighted by atomic mass is 9.82. The summed E-state index contributed by atoms with van der Waals surface area (Å²) in [5, 5.41) is 1.31. The second kappa shape index (κ2) is 13.4. The van der Waals surface area contributed by atoms with E-state index < -0.39 is 0 Å². The van der Waals surface area contributed by atoms with Crippen LogP contribution in [0.15, 0.2) is 200 Å². The highest BCUT2D eigenvalue weighted by molar-refractivity contribution is 5.95. The van der Waals surface area contributed by atoms with Gasteiger partial charge in [-0.05, 0) is 117 Å². The van der Waals surface area contributed by atoms with E-state index >= 15 is 0 Å². The maximum absolute atomic E-state index is 2.56. The lowest BCUT2D eigenvalue weighted by Gasteiger charge is -2.31. The topological polar surface area (TPSA) is 8.17 Å². The van der Waals surface area contributed by atoms with Crippen LogP contribution in [0.3, 0.4) is 0 Å². The first-order valence-electron chi connectivity index (χ1n) is 19.8. The second-order valence-electron chi connectivity index (χ2n) is 15.1. The Morgan fingerprint density at radius 2 is 1.14 bits per heavy atom. The molecule has 11 rings (SSSR count). The van der Waals surface area contributed by atoms with Gasteiger partial charge < -0.3 is 9.47 Å². The predicted molar refractivity (Wildman–Crippen MR) is 236 cm³/mol. The number of para-hydroxylation sites is 2. The van der Waals surface area contributed by atoms with Crippen molar-refractivity contribution in [3.05, 3.63) is 223 Å². The molecule has 2 aliphatic carbocycles. The lowest BCUT2D eigenvalue weighted by Crippen LogP contribution is -2.30. The zero-order valence-electron chi connectivity index (χ0n) is 31.1. The van der Waals surface area contributed by atoms with Crippen molar-refractivity contribution in [1.82, 2.24) is 4.57 Å². The zero-order chi connectivity index (χ0) is 37.0. The molecule has 0 amide bonds. The van der Waals surface area contributed by atoms with Crippen molar-refractivity contribution >= 4 is 33.9 Å². The highest BCUT2D eigenvalue weighted by atomic mass is 15.2. The third kappa shape index (κ3) is 5.33. The van der Waals surface area contributed by atoms with Crippen LogP contribution in [0.5, 0.6) is 0 Å². The molecule has 2 atom stereocenters. The van der Waals surface area contributed by atoms with Gasteiger partial charge in [0.1, 0.15) is 0 Å². The first-order chi connectivity index (χ1) is 27.8. The summed E-state index contributed by atoms with van der Waals surface area (Å²) >= 11 is 0. The van der Waals surface area contributed by atoms with Gasteiger partial charge in [0.2, 0.25) is 0 Å². The largest absolute Gasteiger partial charge is 0.333 e. The van der Waals surface area contributed by atoms with Crippen LogP contribution in [0.2, 0.25) is 0 Å². The van der Waals surface area contributed by atoms with Crippen LogP contribution in [0.4, 0.5) is 11.4 Å². The molecule has 8 aromatic rings. The SMILES string of the molecule is C1=CC(c2cccc(-c3ccc(N4c5ccccc5C5c6c(n(-c7ccc(-c8ccccc8-c8ccccc8)cc7)c7ccccc67)C=CC54)cc3)c2)=CCC1. The van der Waals surface area contributed by atoms with Crippen molar-refractivity contribution in [1.29, 1.82) is 0 Å². The van der Waals surface area contributed by atoms with E-state index in [9.17, 15) is 0 Å². The van der Waals surface area contributed by atoms with Crippen LogP contribution in [0.25, 0.3) is 61.6 Å². The summed E-state index contributed by atoms with van der Waals surface area (Å²) in [5.41, 5.74) is 19.0. The summed E-state index contributed by atoms with van der Waals surface area (Å²) < 4.78 is 2.47. The summed E-state index contributed by atoms with van der Waals surface area (Å²) in [6, 6.07) is 64.9. The minimum Gasteiger partial charge on any atom is -0.333 e. The Kier molecular flexibility index (Phi) is 7.81. The first-order valence-corrected chi connectivity index (χ1v) is 19.8. The number of aromatic nitrogens is 1. The number of anilines is 2. The molecule has 0 saturated carbocycles. The number of allylic oxidation sites excluding steroid dienone is 4. The molecule has 2 heterocycles. The van der Waals surface area contributed by atoms with Gasteiger partial charge in [0.05, 0.1) is 17.3 Å². The molecule has 2 heteroatoms. The van der Waals surface area contributed by atoms with Crippen LogP contribution < -0.4 is 4.90 Å². The van der Waals surface area contributed by atoms with Gasteiger partial charge in [0.15, 0.2) is 0 Å².